The maximum absolute atomic E-state index is 5.97. The Labute approximate surface area is 168 Å². The van der Waals surface area contributed by atoms with Gasteiger partial charge in [0, 0.05) is 28.0 Å². The van der Waals surface area contributed by atoms with Gasteiger partial charge in [-0.3, -0.25) is 4.90 Å². The Morgan fingerprint density at radius 1 is 1.16 bits per heavy atom. The van der Waals surface area contributed by atoms with E-state index in [0.29, 0.717) is 16.7 Å². The minimum atomic E-state index is 0.400. The largest absolute Gasteiger partial charge is 0.340 e. The molecule has 1 N–H and O–H groups in total. The maximum atomic E-state index is 5.97. The Bertz CT molecular complexity index is 891. The van der Waals surface area contributed by atoms with Crippen molar-refractivity contribution in [2.45, 2.75) is 25.3 Å². The average Bonchev–Trinajstić information content (AvgIpc) is 2.97. The van der Waals surface area contributed by atoms with Crippen molar-refractivity contribution in [1.29, 1.82) is 0 Å². The minimum Gasteiger partial charge on any atom is -0.340 e. The zero-order valence-electron chi connectivity index (χ0n) is 13.5. The van der Waals surface area contributed by atoms with Crippen molar-refractivity contribution < 1.29 is 0 Å². The van der Waals surface area contributed by atoms with Crippen molar-refractivity contribution in [2.24, 2.45) is 0 Å². The van der Waals surface area contributed by atoms with Crippen LogP contribution in [0, 0.1) is 0 Å². The second-order valence-electron chi connectivity index (χ2n) is 6.48. The summed E-state index contributed by atoms with van der Waals surface area (Å²) in [5, 5.41) is 0.482. The molecule has 0 radical (unpaired) electrons. The van der Waals surface area contributed by atoms with E-state index >= 15 is 0 Å². The fourth-order valence-corrected chi connectivity index (χ4v) is 5.00. The van der Waals surface area contributed by atoms with Gasteiger partial charge in [-0.05, 0) is 55.3 Å². The average molecular weight is 485 g/mol. The van der Waals surface area contributed by atoms with Crippen LogP contribution in [0.5, 0.6) is 0 Å². The van der Waals surface area contributed by atoms with Gasteiger partial charge in [0.25, 0.3) is 0 Å². The molecule has 3 heterocycles. The second-order valence-corrected chi connectivity index (χ2v) is 8.70. The highest BCUT2D eigenvalue weighted by Gasteiger charge is 2.24. The van der Waals surface area contributed by atoms with Crippen molar-refractivity contribution in [1.82, 2.24) is 19.9 Å². The number of nitrogens with zero attached hydrogens (tertiary/aromatic N) is 3. The van der Waals surface area contributed by atoms with Crippen molar-refractivity contribution in [3.05, 3.63) is 55.8 Å². The van der Waals surface area contributed by atoms with Crippen LogP contribution in [0.3, 0.4) is 0 Å². The van der Waals surface area contributed by atoms with E-state index < -0.39 is 0 Å². The van der Waals surface area contributed by atoms with Gasteiger partial charge in [-0.1, -0.05) is 43.5 Å². The number of fused-ring (bicyclic) bond motifs is 1. The minimum absolute atomic E-state index is 0.400. The highest BCUT2D eigenvalue weighted by molar-refractivity contribution is 9.11. The highest BCUT2D eigenvalue weighted by Crippen LogP contribution is 2.28. The van der Waals surface area contributed by atoms with Gasteiger partial charge in [0.15, 0.2) is 5.65 Å². The van der Waals surface area contributed by atoms with E-state index in [1.807, 2.05) is 6.07 Å². The Morgan fingerprint density at radius 3 is 2.76 bits per heavy atom. The fraction of sp³-hybridized carbons (Fsp3) is 0.333. The normalized spacial score (nSPS) is 18.8. The molecule has 130 valence electrons. The summed E-state index contributed by atoms with van der Waals surface area (Å²) in [4.78, 5) is 14.9. The fourth-order valence-electron chi connectivity index (χ4n) is 3.46. The number of pyridine rings is 1. The van der Waals surface area contributed by atoms with E-state index in [2.05, 4.69) is 69.9 Å². The first kappa shape index (κ1) is 17.5. The molecule has 1 unspecified atom stereocenters. The molecule has 0 saturated carbocycles. The number of hydrogen-bond donors (Lipinski definition) is 1. The van der Waals surface area contributed by atoms with Crippen LogP contribution in [0.4, 0.5) is 0 Å². The van der Waals surface area contributed by atoms with Crippen LogP contribution < -0.4 is 0 Å². The molecule has 1 aliphatic rings. The lowest BCUT2D eigenvalue weighted by atomic mass is 9.97. The summed E-state index contributed by atoms with van der Waals surface area (Å²) in [7, 11) is 0. The summed E-state index contributed by atoms with van der Waals surface area (Å²) in [5.74, 6) is 1.42. The van der Waals surface area contributed by atoms with Crippen LogP contribution in [0.15, 0.2) is 39.3 Å². The highest BCUT2D eigenvalue weighted by atomic mass is 79.9. The molecule has 1 atom stereocenters. The first-order valence-corrected chi connectivity index (χ1v) is 10.2. The summed E-state index contributed by atoms with van der Waals surface area (Å²) in [6.45, 7) is 3.06. The first-order valence-electron chi connectivity index (χ1n) is 8.26. The lowest BCUT2D eigenvalue weighted by Gasteiger charge is -2.31. The summed E-state index contributed by atoms with van der Waals surface area (Å²) in [5.41, 5.74) is 2.96. The van der Waals surface area contributed by atoms with Gasteiger partial charge in [-0.25, -0.2) is 9.97 Å². The van der Waals surface area contributed by atoms with E-state index in [1.165, 1.54) is 12.0 Å². The summed E-state index contributed by atoms with van der Waals surface area (Å²) in [6.07, 6.45) is 2.32. The molecule has 0 spiro atoms. The van der Waals surface area contributed by atoms with Crippen molar-refractivity contribution in [3.8, 4) is 0 Å². The number of aromatic nitrogens is 3. The molecular weight excluding hydrogens is 467 g/mol. The van der Waals surface area contributed by atoms with Crippen molar-refractivity contribution in [2.75, 3.05) is 13.1 Å². The SMILES string of the molecule is Clc1ccc2[nH]c(C3CCCN(Cc4cc(Br)cc(Br)c4)C3)nc2n1. The first-order chi connectivity index (χ1) is 12.1. The third kappa shape index (κ3) is 4.08. The van der Waals surface area contributed by atoms with Gasteiger partial charge in [0.2, 0.25) is 0 Å². The zero-order chi connectivity index (χ0) is 17.4. The van der Waals surface area contributed by atoms with Gasteiger partial charge >= 0.3 is 0 Å². The molecule has 1 aliphatic heterocycles. The van der Waals surface area contributed by atoms with Crippen LogP contribution in [0.1, 0.15) is 30.1 Å². The molecule has 4 rings (SSSR count). The Hall–Kier alpha value is -0.950. The lowest BCUT2D eigenvalue weighted by Crippen LogP contribution is -2.34. The third-order valence-corrected chi connectivity index (χ3v) is 5.68. The number of hydrogen-bond acceptors (Lipinski definition) is 3. The summed E-state index contributed by atoms with van der Waals surface area (Å²) < 4.78 is 2.20. The van der Waals surface area contributed by atoms with Crippen LogP contribution in [0.25, 0.3) is 11.2 Å². The Morgan fingerprint density at radius 2 is 1.96 bits per heavy atom. The lowest BCUT2D eigenvalue weighted by molar-refractivity contribution is 0.197. The van der Waals surface area contributed by atoms with Gasteiger partial charge in [0.05, 0.1) is 5.52 Å². The predicted molar refractivity (Wildman–Crippen MR) is 108 cm³/mol. The number of aromatic amines is 1. The molecule has 1 saturated heterocycles. The molecule has 3 aromatic rings. The monoisotopic (exact) mass is 482 g/mol. The van der Waals surface area contributed by atoms with E-state index in [9.17, 15) is 0 Å². The van der Waals surface area contributed by atoms with Crippen LogP contribution in [-0.2, 0) is 6.54 Å². The molecule has 7 heteroatoms. The number of H-pyrrole nitrogens is 1. The molecule has 25 heavy (non-hydrogen) atoms. The zero-order valence-corrected chi connectivity index (χ0v) is 17.4. The maximum Gasteiger partial charge on any atom is 0.179 e. The smallest absolute Gasteiger partial charge is 0.179 e. The van der Waals surface area contributed by atoms with Gasteiger partial charge in [0.1, 0.15) is 11.0 Å². The van der Waals surface area contributed by atoms with Crippen molar-refractivity contribution >= 4 is 54.6 Å². The van der Waals surface area contributed by atoms with Crippen LogP contribution >= 0.6 is 43.5 Å². The van der Waals surface area contributed by atoms with Gasteiger partial charge in [-0.15, -0.1) is 0 Å². The topological polar surface area (TPSA) is 44.8 Å². The summed E-state index contributed by atoms with van der Waals surface area (Å²) >= 11 is 13.1. The van der Waals surface area contributed by atoms with Gasteiger partial charge in [-0.2, -0.15) is 0 Å². The molecule has 0 bridgehead atoms. The third-order valence-electron chi connectivity index (χ3n) is 4.55. The molecule has 4 nitrogen and oxygen atoms in total. The molecule has 1 fully saturated rings. The number of imidazole rings is 1. The van der Waals surface area contributed by atoms with Crippen LogP contribution in [0.2, 0.25) is 5.15 Å². The number of benzene rings is 1. The number of halogens is 3. The molecule has 1 aromatic carbocycles. The van der Waals surface area contributed by atoms with Crippen molar-refractivity contribution in [3.63, 3.8) is 0 Å². The number of piperidine rings is 1. The molecular formula is C18H17Br2ClN4. The Balaban J connectivity index is 1.51. The van der Waals surface area contributed by atoms with E-state index in [1.54, 1.807) is 6.07 Å². The summed E-state index contributed by atoms with van der Waals surface area (Å²) in [6, 6.07) is 10.2. The molecule has 0 amide bonds. The number of rotatable bonds is 3. The van der Waals surface area contributed by atoms with Crippen LogP contribution in [-0.4, -0.2) is 32.9 Å². The Kier molecular flexibility index (Phi) is 5.13. The van der Waals surface area contributed by atoms with E-state index in [0.717, 1.165) is 46.3 Å². The molecule has 0 aliphatic carbocycles. The van der Waals surface area contributed by atoms with E-state index in [4.69, 9.17) is 11.6 Å². The molecule has 2 aromatic heterocycles. The number of likely N-dealkylation sites (tertiary alicyclic amines) is 1. The van der Waals surface area contributed by atoms with Gasteiger partial charge < -0.3 is 4.98 Å². The quantitative estimate of drug-likeness (QED) is 0.498. The second kappa shape index (κ2) is 7.35. The standard InChI is InChI=1S/C18H17Br2ClN4/c19-13-6-11(7-14(20)8-13)9-25-5-1-2-12(10-25)17-22-15-3-4-16(21)23-18(15)24-17/h3-4,6-8,12H,1-2,5,9-10H2,(H,22,23,24). The predicted octanol–water partition coefficient (Wildman–Crippen LogP) is 5.52. The van der Waals surface area contributed by atoms with E-state index in [-0.39, 0.29) is 0 Å². The number of nitrogens with one attached hydrogen (secondary N) is 1.